The molecule has 0 radical (unpaired) electrons. The summed E-state index contributed by atoms with van der Waals surface area (Å²) in [6.45, 7) is 0.549. The van der Waals surface area contributed by atoms with Crippen molar-refractivity contribution < 1.29 is 4.74 Å². The number of ether oxygens (including phenoxy) is 1. The van der Waals surface area contributed by atoms with Crippen LogP contribution in [0, 0.1) is 11.8 Å². The number of nitrogens with zero attached hydrogens (tertiary/aromatic N) is 3. The molecule has 0 amide bonds. The lowest BCUT2D eigenvalue weighted by atomic mass is 9.62. The van der Waals surface area contributed by atoms with Gasteiger partial charge in [0, 0.05) is 4.91 Å². The predicted molar refractivity (Wildman–Crippen MR) is 51.7 cm³/mol. The summed E-state index contributed by atoms with van der Waals surface area (Å²) in [5.41, 5.74) is 8.30. The lowest BCUT2D eigenvalue weighted by Crippen LogP contribution is -2.56. The van der Waals surface area contributed by atoms with Crippen molar-refractivity contribution in [3.63, 3.8) is 0 Å². The van der Waals surface area contributed by atoms with E-state index >= 15 is 0 Å². The summed E-state index contributed by atoms with van der Waals surface area (Å²) < 4.78 is 6.05. The van der Waals surface area contributed by atoms with Crippen molar-refractivity contribution in [3.8, 4) is 0 Å². The third kappa shape index (κ3) is 1.22. The second kappa shape index (κ2) is 2.88. The van der Waals surface area contributed by atoms with Gasteiger partial charge in [-0.25, -0.2) is 0 Å². The molecule has 2 aliphatic heterocycles. The standard InChI is InChI=1S/C10H15N3O/c11-13-12-6-10-4-7-1-8(5-10)3-9(2-7)14-10/h7-9H,1-6H2. The highest BCUT2D eigenvalue weighted by molar-refractivity contribution is 5.02. The molecule has 2 unspecified atom stereocenters. The molecule has 4 rings (SSSR count). The van der Waals surface area contributed by atoms with Gasteiger partial charge in [0.2, 0.25) is 0 Å². The molecular weight excluding hydrogens is 178 g/mol. The Morgan fingerprint density at radius 1 is 1.29 bits per heavy atom. The van der Waals surface area contributed by atoms with Crippen LogP contribution in [0.3, 0.4) is 0 Å². The van der Waals surface area contributed by atoms with E-state index in [-0.39, 0.29) is 5.60 Å². The van der Waals surface area contributed by atoms with Crippen LogP contribution in [-0.2, 0) is 4.74 Å². The lowest BCUT2D eigenvalue weighted by Gasteiger charge is -2.56. The lowest BCUT2D eigenvalue weighted by molar-refractivity contribution is -0.214. The molecule has 2 heterocycles. The van der Waals surface area contributed by atoms with Gasteiger partial charge in [0.05, 0.1) is 18.2 Å². The summed E-state index contributed by atoms with van der Waals surface area (Å²) >= 11 is 0. The van der Waals surface area contributed by atoms with Crippen LogP contribution in [0.2, 0.25) is 0 Å². The maximum atomic E-state index is 8.37. The molecule has 14 heavy (non-hydrogen) atoms. The highest BCUT2D eigenvalue weighted by Gasteiger charge is 2.51. The minimum atomic E-state index is -0.0685. The first-order chi connectivity index (χ1) is 6.80. The Morgan fingerprint density at radius 3 is 2.57 bits per heavy atom. The molecule has 2 aliphatic carbocycles. The van der Waals surface area contributed by atoms with Crippen molar-refractivity contribution in [1.82, 2.24) is 0 Å². The van der Waals surface area contributed by atoms with Gasteiger partial charge in [0.25, 0.3) is 0 Å². The van der Waals surface area contributed by atoms with E-state index in [0.29, 0.717) is 12.6 Å². The van der Waals surface area contributed by atoms with Crippen molar-refractivity contribution in [2.75, 3.05) is 6.54 Å². The smallest absolute Gasteiger partial charge is 0.0747 e. The minimum absolute atomic E-state index is 0.0685. The first-order valence-electron chi connectivity index (χ1n) is 5.48. The summed E-state index contributed by atoms with van der Waals surface area (Å²) in [6.07, 6.45) is 6.59. The molecule has 76 valence electrons. The van der Waals surface area contributed by atoms with E-state index < -0.39 is 0 Å². The third-order valence-electron chi connectivity index (χ3n) is 4.02. The third-order valence-corrected chi connectivity index (χ3v) is 4.02. The average Bonchev–Trinajstić information content (AvgIpc) is 2.12. The second-order valence-corrected chi connectivity index (χ2v) is 5.16. The fraction of sp³-hybridized carbons (Fsp3) is 1.00. The Kier molecular flexibility index (Phi) is 1.76. The first-order valence-corrected chi connectivity index (χ1v) is 5.48. The minimum Gasteiger partial charge on any atom is -0.372 e. The molecular formula is C10H15N3O. The van der Waals surface area contributed by atoms with Crippen LogP contribution in [-0.4, -0.2) is 18.2 Å². The second-order valence-electron chi connectivity index (χ2n) is 5.16. The number of hydrogen-bond donors (Lipinski definition) is 0. The van der Waals surface area contributed by atoms with E-state index in [0.717, 1.165) is 24.7 Å². The largest absolute Gasteiger partial charge is 0.372 e. The van der Waals surface area contributed by atoms with Crippen molar-refractivity contribution in [3.05, 3.63) is 10.4 Å². The van der Waals surface area contributed by atoms with Gasteiger partial charge in [-0.2, -0.15) is 0 Å². The van der Waals surface area contributed by atoms with Crippen LogP contribution in [0.25, 0.3) is 10.4 Å². The number of rotatable bonds is 2. The maximum Gasteiger partial charge on any atom is 0.0747 e. The summed E-state index contributed by atoms with van der Waals surface area (Å²) in [5, 5.41) is 3.72. The van der Waals surface area contributed by atoms with Gasteiger partial charge in [-0.05, 0) is 49.5 Å². The Hall–Kier alpha value is -0.730. The zero-order valence-corrected chi connectivity index (χ0v) is 8.22. The van der Waals surface area contributed by atoms with Crippen molar-refractivity contribution >= 4 is 0 Å². The van der Waals surface area contributed by atoms with Crippen LogP contribution < -0.4 is 0 Å². The van der Waals surface area contributed by atoms with E-state index in [1.54, 1.807) is 0 Å². The normalized spacial score (nSPS) is 49.0. The summed E-state index contributed by atoms with van der Waals surface area (Å²) in [6, 6.07) is 0. The Bertz CT molecular complexity index is 260. The summed E-state index contributed by atoms with van der Waals surface area (Å²) in [7, 11) is 0. The van der Waals surface area contributed by atoms with Crippen molar-refractivity contribution in [2.24, 2.45) is 17.0 Å². The van der Waals surface area contributed by atoms with Crippen molar-refractivity contribution in [2.45, 2.75) is 43.8 Å². The van der Waals surface area contributed by atoms with Gasteiger partial charge < -0.3 is 4.74 Å². The SMILES string of the molecule is [N-]=[N+]=NCC12CC3CC(CC(C3)O1)C2. The van der Waals surface area contributed by atoms with Crippen molar-refractivity contribution in [1.29, 1.82) is 0 Å². The van der Waals surface area contributed by atoms with Crippen LogP contribution in [0.1, 0.15) is 32.1 Å². The molecule has 2 saturated carbocycles. The van der Waals surface area contributed by atoms with Gasteiger partial charge in [0.1, 0.15) is 0 Å². The molecule has 0 aromatic carbocycles. The molecule has 0 spiro atoms. The maximum absolute atomic E-state index is 8.37. The zero-order valence-electron chi connectivity index (χ0n) is 8.22. The van der Waals surface area contributed by atoms with Gasteiger partial charge >= 0.3 is 0 Å². The zero-order chi connectivity index (χ0) is 9.60. The summed E-state index contributed by atoms with van der Waals surface area (Å²) in [5.74, 6) is 1.69. The van der Waals surface area contributed by atoms with Crippen LogP contribution in [0.15, 0.2) is 5.11 Å². The van der Waals surface area contributed by atoms with Gasteiger partial charge in [0.15, 0.2) is 0 Å². The fourth-order valence-corrected chi connectivity index (χ4v) is 3.85. The number of hydrogen-bond acceptors (Lipinski definition) is 2. The Labute approximate surface area is 83.3 Å². The van der Waals surface area contributed by atoms with E-state index in [1.165, 1.54) is 19.3 Å². The molecule has 4 nitrogen and oxygen atoms in total. The Balaban J connectivity index is 1.83. The van der Waals surface area contributed by atoms with Gasteiger partial charge in [-0.15, -0.1) is 0 Å². The Morgan fingerprint density at radius 2 is 2.00 bits per heavy atom. The van der Waals surface area contributed by atoms with Crippen LogP contribution >= 0.6 is 0 Å². The first kappa shape index (κ1) is 8.57. The van der Waals surface area contributed by atoms with E-state index in [4.69, 9.17) is 10.3 Å². The molecule has 4 fully saturated rings. The molecule has 2 atom stereocenters. The van der Waals surface area contributed by atoms with Crippen LogP contribution in [0.4, 0.5) is 0 Å². The average molecular weight is 193 g/mol. The van der Waals surface area contributed by atoms with Crippen LogP contribution in [0.5, 0.6) is 0 Å². The topological polar surface area (TPSA) is 58.0 Å². The fourth-order valence-electron chi connectivity index (χ4n) is 3.85. The van der Waals surface area contributed by atoms with Gasteiger partial charge in [-0.3, -0.25) is 0 Å². The van der Waals surface area contributed by atoms with E-state index in [1.807, 2.05) is 0 Å². The highest BCUT2D eigenvalue weighted by Crippen LogP contribution is 2.53. The van der Waals surface area contributed by atoms with E-state index in [9.17, 15) is 0 Å². The molecule has 0 N–H and O–H groups in total. The number of azide groups is 1. The molecule has 0 aromatic heterocycles. The predicted octanol–water partition coefficient (Wildman–Crippen LogP) is 2.64. The molecule has 2 saturated heterocycles. The monoisotopic (exact) mass is 193 g/mol. The molecule has 4 bridgehead atoms. The van der Waals surface area contributed by atoms with Gasteiger partial charge in [-0.1, -0.05) is 5.11 Å². The molecule has 4 aliphatic rings. The van der Waals surface area contributed by atoms with E-state index in [2.05, 4.69) is 10.0 Å². The highest BCUT2D eigenvalue weighted by atomic mass is 16.5. The molecule has 4 heteroatoms. The quantitative estimate of drug-likeness (QED) is 0.378. The summed E-state index contributed by atoms with van der Waals surface area (Å²) in [4.78, 5) is 2.86. The molecule has 0 aromatic rings.